The molecule has 98 valence electrons. The monoisotopic (exact) mass is 245 g/mol. The molecule has 0 bridgehead atoms. The van der Waals surface area contributed by atoms with Gasteiger partial charge in [0, 0.05) is 19.0 Å². The van der Waals surface area contributed by atoms with Crippen LogP contribution in [0.3, 0.4) is 0 Å². The number of ether oxygens (including phenoxy) is 1. The predicted octanol–water partition coefficient (Wildman–Crippen LogP) is 3.29. The van der Waals surface area contributed by atoms with Crippen molar-refractivity contribution in [3.63, 3.8) is 0 Å². The van der Waals surface area contributed by atoms with Crippen molar-refractivity contribution in [2.45, 2.75) is 58.2 Å². The van der Waals surface area contributed by atoms with Crippen molar-refractivity contribution < 1.29 is 4.74 Å². The molecule has 0 aromatic heterocycles. The first kappa shape index (κ1) is 12.0. The first-order chi connectivity index (χ1) is 8.53. The summed E-state index contributed by atoms with van der Waals surface area (Å²) in [6.07, 6.45) is 3.83. The number of nitrogens with one attached hydrogen (secondary N) is 1. The van der Waals surface area contributed by atoms with E-state index in [2.05, 4.69) is 44.3 Å². The van der Waals surface area contributed by atoms with Gasteiger partial charge in [0.15, 0.2) is 0 Å². The molecule has 1 atom stereocenters. The summed E-state index contributed by atoms with van der Waals surface area (Å²) in [6.45, 7) is 7.59. The Morgan fingerprint density at radius 3 is 2.89 bits per heavy atom. The summed E-state index contributed by atoms with van der Waals surface area (Å²) in [5.41, 5.74) is 2.70. The second-order valence-corrected chi connectivity index (χ2v) is 6.49. The zero-order valence-electron chi connectivity index (χ0n) is 11.6. The second kappa shape index (κ2) is 4.27. The van der Waals surface area contributed by atoms with E-state index >= 15 is 0 Å². The minimum atomic E-state index is -0.0321. The number of hydrogen-bond acceptors (Lipinski definition) is 2. The van der Waals surface area contributed by atoms with Crippen molar-refractivity contribution >= 4 is 0 Å². The molecule has 0 spiro atoms. The van der Waals surface area contributed by atoms with Gasteiger partial charge in [0.1, 0.15) is 11.4 Å². The fourth-order valence-electron chi connectivity index (χ4n) is 2.81. The lowest BCUT2D eigenvalue weighted by atomic mass is 10.00. The van der Waals surface area contributed by atoms with Gasteiger partial charge in [-0.15, -0.1) is 0 Å². The molecule has 1 unspecified atom stereocenters. The first-order valence-corrected chi connectivity index (χ1v) is 7.08. The van der Waals surface area contributed by atoms with E-state index in [9.17, 15) is 0 Å². The highest BCUT2D eigenvalue weighted by Gasteiger charge is 2.30. The molecule has 1 aromatic rings. The van der Waals surface area contributed by atoms with Gasteiger partial charge in [-0.3, -0.25) is 0 Å². The maximum atomic E-state index is 5.90. The van der Waals surface area contributed by atoms with Crippen LogP contribution in [-0.4, -0.2) is 11.6 Å². The van der Waals surface area contributed by atoms with E-state index in [0.29, 0.717) is 6.04 Å². The minimum absolute atomic E-state index is 0.0321. The van der Waals surface area contributed by atoms with Crippen molar-refractivity contribution in [1.82, 2.24) is 5.32 Å². The minimum Gasteiger partial charge on any atom is -0.487 e. The maximum absolute atomic E-state index is 5.90. The summed E-state index contributed by atoms with van der Waals surface area (Å²) in [7, 11) is 0. The molecule has 0 radical (unpaired) electrons. The molecule has 3 rings (SSSR count). The normalized spacial score (nSPS) is 22.4. The standard InChI is InChI=1S/C16H23NO/c1-11(13-5-6-13)17-10-12-4-7-15-14(8-12)9-16(2,3)18-15/h4,7-8,11,13,17H,5-6,9-10H2,1-3H3. The van der Waals surface area contributed by atoms with Crippen LogP contribution in [0.15, 0.2) is 18.2 Å². The van der Waals surface area contributed by atoms with Gasteiger partial charge in [-0.25, -0.2) is 0 Å². The van der Waals surface area contributed by atoms with E-state index < -0.39 is 0 Å². The fraction of sp³-hybridized carbons (Fsp3) is 0.625. The quantitative estimate of drug-likeness (QED) is 0.879. The van der Waals surface area contributed by atoms with Gasteiger partial charge in [0.2, 0.25) is 0 Å². The van der Waals surface area contributed by atoms with Gasteiger partial charge in [-0.1, -0.05) is 12.1 Å². The van der Waals surface area contributed by atoms with E-state index in [-0.39, 0.29) is 5.60 Å². The van der Waals surface area contributed by atoms with Gasteiger partial charge >= 0.3 is 0 Å². The average molecular weight is 245 g/mol. The van der Waals surface area contributed by atoms with Gasteiger partial charge in [-0.05, 0) is 56.7 Å². The Bertz CT molecular complexity index is 448. The lowest BCUT2D eigenvalue weighted by Crippen LogP contribution is -2.27. The van der Waals surface area contributed by atoms with Crippen LogP contribution in [0.5, 0.6) is 5.75 Å². The molecule has 0 amide bonds. The van der Waals surface area contributed by atoms with Crippen LogP contribution in [0.25, 0.3) is 0 Å². The predicted molar refractivity (Wildman–Crippen MR) is 73.9 cm³/mol. The third-order valence-corrected chi connectivity index (χ3v) is 4.08. The zero-order valence-corrected chi connectivity index (χ0v) is 11.6. The third kappa shape index (κ3) is 2.54. The highest BCUT2D eigenvalue weighted by atomic mass is 16.5. The number of hydrogen-bond donors (Lipinski definition) is 1. The summed E-state index contributed by atoms with van der Waals surface area (Å²) in [4.78, 5) is 0. The highest BCUT2D eigenvalue weighted by molar-refractivity contribution is 5.41. The molecule has 1 aliphatic carbocycles. The maximum Gasteiger partial charge on any atom is 0.123 e. The Labute approximate surface area is 110 Å². The number of benzene rings is 1. The van der Waals surface area contributed by atoms with Crippen molar-refractivity contribution in [1.29, 1.82) is 0 Å². The molecule has 1 fully saturated rings. The van der Waals surface area contributed by atoms with Crippen molar-refractivity contribution in [2.24, 2.45) is 5.92 Å². The topological polar surface area (TPSA) is 21.3 Å². The Hall–Kier alpha value is -1.02. The molecule has 0 saturated heterocycles. The smallest absolute Gasteiger partial charge is 0.123 e. The van der Waals surface area contributed by atoms with Crippen LogP contribution >= 0.6 is 0 Å². The van der Waals surface area contributed by atoms with E-state index in [0.717, 1.165) is 24.6 Å². The molecular formula is C16H23NO. The first-order valence-electron chi connectivity index (χ1n) is 7.08. The molecule has 18 heavy (non-hydrogen) atoms. The Morgan fingerprint density at radius 1 is 1.39 bits per heavy atom. The summed E-state index contributed by atoms with van der Waals surface area (Å²) in [5.74, 6) is 1.99. The molecule has 2 nitrogen and oxygen atoms in total. The van der Waals surface area contributed by atoms with Crippen LogP contribution in [0.2, 0.25) is 0 Å². The van der Waals surface area contributed by atoms with E-state index in [1.165, 1.54) is 24.0 Å². The summed E-state index contributed by atoms with van der Waals surface area (Å²) in [6, 6.07) is 7.28. The van der Waals surface area contributed by atoms with Crippen LogP contribution in [0.4, 0.5) is 0 Å². The van der Waals surface area contributed by atoms with Crippen molar-refractivity contribution in [3.05, 3.63) is 29.3 Å². The van der Waals surface area contributed by atoms with Crippen molar-refractivity contribution in [2.75, 3.05) is 0 Å². The number of fused-ring (bicyclic) bond motifs is 1. The zero-order chi connectivity index (χ0) is 12.8. The average Bonchev–Trinajstić information content (AvgIpc) is 3.08. The Morgan fingerprint density at radius 2 is 2.17 bits per heavy atom. The highest BCUT2D eigenvalue weighted by Crippen LogP contribution is 2.35. The van der Waals surface area contributed by atoms with Crippen molar-refractivity contribution in [3.8, 4) is 5.75 Å². The largest absolute Gasteiger partial charge is 0.487 e. The SMILES string of the molecule is CC(NCc1ccc2c(c1)CC(C)(C)O2)C1CC1. The molecule has 1 aromatic carbocycles. The van der Waals surface area contributed by atoms with Crippen LogP contribution in [0.1, 0.15) is 44.7 Å². The summed E-state index contributed by atoms with van der Waals surface area (Å²) < 4.78 is 5.90. The van der Waals surface area contributed by atoms with Gasteiger partial charge in [-0.2, -0.15) is 0 Å². The molecule has 1 aliphatic heterocycles. The van der Waals surface area contributed by atoms with Gasteiger partial charge in [0.25, 0.3) is 0 Å². The Balaban J connectivity index is 1.64. The van der Waals surface area contributed by atoms with Crippen LogP contribution < -0.4 is 10.1 Å². The van der Waals surface area contributed by atoms with E-state index in [1.807, 2.05) is 0 Å². The lowest BCUT2D eigenvalue weighted by molar-refractivity contribution is 0.138. The second-order valence-electron chi connectivity index (χ2n) is 6.49. The molecule has 2 heteroatoms. The summed E-state index contributed by atoms with van der Waals surface area (Å²) >= 11 is 0. The van der Waals surface area contributed by atoms with E-state index in [1.54, 1.807) is 0 Å². The van der Waals surface area contributed by atoms with Crippen LogP contribution in [-0.2, 0) is 13.0 Å². The molecule has 2 aliphatic rings. The Kier molecular flexibility index (Phi) is 2.86. The summed E-state index contributed by atoms with van der Waals surface area (Å²) in [5, 5.41) is 3.63. The molecular weight excluding hydrogens is 222 g/mol. The van der Waals surface area contributed by atoms with Crippen LogP contribution in [0, 0.1) is 5.92 Å². The molecule has 1 N–H and O–H groups in total. The third-order valence-electron chi connectivity index (χ3n) is 4.08. The van der Waals surface area contributed by atoms with Gasteiger partial charge < -0.3 is 10.1 Å². The molecule has 1 saturated carbocycles. The molecule has 1 heterocycles. The van der Waals surface area contributed by atoms with E-state index in [4.69, 9.17) is 4.74 Å². The number of rotatable bonds is 4. The lowest BCUT2D eigenvalue weighted by Gasteiger charge is -2.16. The fourth-order valence-corrected chi connectivity index (χ4v) is 2.81. The van der Waals surface area contributed by atoms with Gasteiger partial charge in [0.05, 0.1) is 0 Å².